The largest absolute Gasteiger partial charge is 0.349 e. The number of amides is 6. The molecule has 1 aliphatic heterocycles. The first kappa shape index (κ1) is 43.0. The molecule has 0 unspecified atom stereocenters. The molecule has 0 radical (unpaired) electrons. The van der Waals surface area contributed by atoms with Crippen molar-refractivity contribution in [2.24, 2.45) is 5.92 Å². The van der Waals surface area contributed by atoms with E-state index in [0.29, 0.717) is 17.2 Å². The van der Waals surface area contributed by atoms with Gasteiger partial charge in [0.25, 0.3) is 11.8 Å². The highest BCUT2D eigenvalue weighted by Crippen LogP contribution is 2.25. The lowest BCUT2D eigenvalue weighted by molar-refractivity contribution is -0.132. The molecule has 5 atom stereocenters. The molecule has 0 saturated heterocycles. The molecule has 3 heterocycles. The van der Waals surface area contributed by atoms with E-state index in [2.05, 4.69) is 36.7 Å². The van der Waals surface area contributed by atoms with Crippen molar-refractivity contribution in [3.8, 4) is 0 Å². The molecule has 15 nitrogen and oxygen atoms in total. The lowest BCUT2D eigenvalue weighted by Gasteiger charge is -2.30. The van der Waals surface area contributed by atoms with E-state index in [1.807, 2.05) is 64.3 Å². The highest BCUT2D eigenvalue weighted by Gasteiger charge is 2.32. The number of thiazole rings is 1. The number of nitrogens with zero attached hydrogens (tertiary/aromatic N) is 4. The van der Waals surface area contributed by atoms with Gasteiger partial charge in [-0.05, 0) is 69.6 Å². The molecule has 2 aromatic heterocycles. The highest BCUT2D eigenvalue weighted by molar-refractivity contribution is 7.98. The summed E-state index contributed by atoms with van der Waals surface area (Å²) in [6, 6.07) is 6.76. The Bertz CT molecular complexity index is 1800. The molecule has 6 amide bonds. The molecule has 17 heteroatoms. The Labute approximate surface area is 330 Å². The Morgan fingerprint density at radius 2 is 1.62 bits per heavy atom. The van der Waals surface area contributed by atoms with E-state index in [1.165, 1.54) is 34.9 Å². The number of carbonyl (C=O) groups is 6. The van der Waals surface area contributed by atoms with Gasteiger partial charge in [-0.3, -0.25) is 33.4 Å². The summed E-state index contributed by atoms with van der Waals surface area (Å²) in [6.07, 6.45) is 4.42. The SMILES string of the molecule is CC[C@@H]1NC(=O)[C@@H](C)NC(=O)c2csc(n2)[C@H](C(C)C)NC(=O)CN(C(=O)c2ccn(C(C)C)n2)C[C@H](Cc2ccccc2)NC(=O)[C@H](CCSC)NC1=O. The second kappa shape index (κ2) is 20.2. The van der Waals surface area contributed by atoms with Gasteiger partial charge in [0.15, 0.2) is 0 Å². The van der Waals surface area contributed by atoms with Gasteiger partial charge in [-0.15, -0.1) is 11.3 Å². The second-order valence-electron chi connectivity index (χ2n) is 14.2. The predicted octanol–water partition coefficient (Wildman–Crippen LogP) is 2.87. The van der Waals surface area contributed by atoms with Crippen molar-refractivity contribution >= 4 is 58.5 Å². The van der Waals surface area contributed by atoms with E-state index in [9.17, 15) is 28.8 Å². The first-order valence-corrected chi connectivity index (χ1v) is 20.8. The maximum Gasteiger partial charge on any atom is 0.274 e. The fourth-order valence-electron chi connectivity index (χ4n) is 5.95. The fourth-order valence-corrected chi connectivity index (χ4v) is 7.44. The van der Waals surface area contributed by atoms with E-state index in [-0.39, 0.29) is 49.3 Å². The van der Waals surface area contributed by atoms with Crippen LogP contribution in [-0.4, -0.2) is 104 Å². The topological polar surface area (TPSA) is 197 Å². The zero-order valence-corrected chi connectivity index (χ0v) is 34.1. The summed E-state index contributed by atoms with van der Waals surface area (Å²) >= 11 is 2.70. The third-order valence-electron chi connectivity index (χ3n) is 9.12. The second-order valence-corrected chi connectivity index (χ2v) is 16.1. The molecule has 1 aliphatic rings. The van der Waals surface area contributed by atoms with Gasteiger partial charge in [-0.1, -0.05) is 51.1 Å². The smallest absolute Gasteiger partial charge is 0.274 e. The Hall–Kier alpha value is -4.77. The zero-order valence-electron chi connectivity index (χ0n) is 32.5. The molecule has 55 heavy (non-hydrogen) atoms. The lowest BCUT2D eigenvalue weighted by Crippen LogP contribution is -2.58. The first-order valence-electron chi connectivity index (χ1n) is 18.5. The number of hydrogen-bond acceptors (Lipinski definition) is 10. The van der Waals surface area contributed by atoms with Crippen molar-refractivity contribution in [2.75, 3.05) is 25.1 Å². The molecule has 0 fully saturated rings. The third-order valence-corrected chi connectivity index (χ3v) is 10.7. The van der Waals surface area contributed by atoms with Crippen molar-refractivity contribution in [3.63, 3.8) is 0 Å². The van der Waals surface area contributed by atoms with Gasteiger partial charge in [0.1, 0.15) is 34.5 Å². The fraction of sp³-hybridized carbons (Fsp3) is 0.526. The monoisotopic (exact) mass is 795 g/mol. The van der Waals surface area contributed by atoms with Crippen molar-refractivity contribution in [3.05, 3.63) is 69.9 Å². The summed E-state index contributed by atoms with van der Waals surface area (Å²) in [5.41, 5.74) is 1.09. The van der Waals surface area contributed by atoms with Gasteiger partial charge in [-0.2, -0.15) is 16.9 Å². The van der Waals surface area contributed by atoms with Crippen LogP contribution in [0.2, 0.25) is 0 Å². The number of fused-ring (bicyclic) bond motifs is 2. The Balaban J connectivity index is 1.77. The standard InChI is InChI=1S/C38H53N9O6S2/c1-8-27-34(50)42-28(15-17-54-7)35(51)40-26(18-25-12-10-9-11-13-25)19-46(38(53)29-14-16-47(45-29)23(4)5)20-31(48)44-32(22(2)3)37-43-30(21-55-37)36(52)39-24(6)33(49)41-27/h9-14,16,21-24,26-28,32H,8,15,17-20H2,1-7H3,(H,39,52)(H,40,51)(H,41,49)(H,42,50)(H,44,48)/t24-,26+,27+,28+,32+/m1/s1. The van der Waals surface area contributed by atoms with Gasteiger partial charge in [-0.25, -0.2) is 4.98 Å². The molecule has 0 spiro atoms. The van der Waals surface area contributed by atoms with E-state index >= 15 is 0 Å². The summed E-state index contributed by atoms with van der Waals surface area (Å²) in [7, 11) is 0. The Kier molecular flexibility index (Phi) is 15.8. The van der Waals surface area contributed by atoms with Crippen LogP contribution >= 0.6 is 23.1 Å². The number of nitrogens with one attached hydrogen (secondary N) is 5. The zero-order chi connectivity index (χ0) is 40.2. The molecule has 4 rings (SSSR count). The van der Waals surface area contributed by atoms with Crippen LogP contribution in [0.3, 0.4) is 0 Å². The highest BCUT2D eigenvalue weighted by atomic mass is 32.2. The van der Waals surface area contributed by atoms with Crippen LogP contribution in [0.25, 0.3) is 0 Å². The van der Waals surface area contributed by atoms with Gasteiger partial charge in [0.2, 0.25) is 23.6 Å². The van der Waals surface area contributed by atoms with Crippen LogP contribution in [0.4, 0.5) is 0 Å². The molecule has 1 aromatic carbocycles. The minimum atomic E-state index is -1.01. The molecule has 2 bridgehead atoms. The maximum atomic E-state index is 14.2. The number of hydrogen-bond donors (Lipinski definition) is 5. The summed E-state index contributed by atoms with van der Waals surface area (Å²) in [6.45, 7) is 10.5. The van der Waals surface area contributed by atoms with Gasteiger partial charge >= 0.3 is 0 Å². The van der Waals surface area contributed by atoms with Crippen LogP contribution in [0, 0.1) is 5.92 Å². The van der Waals surface area contributed by atoms with Crippen molar-refractivity contribution in [1.82, 2.24) is 46.2 Å². The number of thioether (sulfide) groups is 1. The minimum absolute atomic E-state index is 0.0117. The average Bonchev–Trinajstić information content (AvgIpc) is 3.85. The van der Waals surface area contributed by atoms with Crippen LogP contribution in [0.5, 0.6) is 0 Å². The third kappa shape index (κ3) is 12.1. The predicted molar refractivity (Wildman–Crippen MR) is 213 cm³/mol. The normalized spacial score (nSPS) is 22.3. The summed E-state index contributed by atoms with van der Waals surface area (Å²) in [5, 5.41) is 20.7. The molecule has 3 aromatic rings. The number of carbonyl (C=O) groups excluding carboxylic acids is 6. The van der Waals surface area contributed by atoms with Gasteiger partial charge in [0.05, 0.1) is 18.6 Å². The lowest BCUT2D eigenvalue weighted by atomic mass is 10.0. The number of benzene rings is 1. The van der Waals surface area contributed by atoms with Crippen molar-refractivity contribution in [1.29, 1.82) is 0 Å². The first-order chi connectivity index (χ1) is 26.2. The maximum absolute atomic E-state index is 14.2. The Morgan fingerprint density at radius 3 is 2.25 bits per heavy atom. The quantitative estimate of drug-likeness (QED) is 0.216. The summed E-state index contributed by atoms with van der Waals surface area (Å²) < 4.78 is 1.66. The van der Waals surface area contributed by atoms with E-state index in [1.54, 1.807) is 29.2 Å². The summed E-state index contributed by atoms with van der Waals surface area (Å²) in [4.78, 5) is 88.1. The van der Waals surface area contributed by atoms with E-state index in [0.717, 1.165) is 5.56 Å². The Morgan fingerprint density at radius 1 is 0.927 bits per heavy atom. The van der Waals surface area contributed by atoms with Gasteiger partial charge in [0, 0.05) is 24.2 Å². The molecule has 0 saturated carbocycles. The van der Waals surface area contributed by atoms with Gasteiger partial charge < -0.3 is 31.5 Å². The van der Waals surface area contributed by atoms with Crippen LogP contribution in [0.1, 0.15) is 98.0 Å². The van der Waals surface area contributed by atoms with E-state index < -0.39 is 65.7 Å². The van der Waals surface area contributed by atoms with Crippen molar-refractivity contribution < 1.29 is 28.8 Å². The number of aromatic nitrogens is 3. The van der Waals surface area contributed by atoms with Crippen LogP contribution < -0.4 is 26.6 Å². The molecule has 0 aliphatic carbocycles. The van der Waals surface area contributed by atoms with Crippen LogP contribution in [-0.2, 0) is 25.6 Å². The molecule has 298 valence electrons. The summed E-state index contributed by atoms with van der Waals surface area (Å²) in [5.74, 6) is -2.80. The molecular weight excluding hydrogens is 743 g/mol. The van der Waals surface area contributed by atoms with Crippen molar-refractivity contribution in [2.45, 2.75) is 97.1 Å². The number of rotatable bonds is 9. The van der Waals surface area contributed by atoms with E-state index in [4.69, 9.17) is 0 Å². The molecular formula is C38H53N9O6S2. The molecule has 5 N–H and O–H groups in total. The minimum Gasteiger partial charge on any atom is -0.349 e. The van der Waals surface area contributed by atoms with Crippen LogP contribution in [0.15, 0.2) is 48.0 Å². The average molecular weight is 796 g/mol.